The van der Waals surface area contributed by atoms with Crippen molar-refractivity contribution in [2.75, 3.05) is 7.05 Å². The highest BCUT2D eigenvalue weighted by Gasteiger charge is 2.51. The minimum absolute atomic E-state index is 0.0937. The number of rotatable bonds is 1. The number of hydrogen-bond donors (Lipinski definition) is 0. The Kier molecular flexibility index (Phi) is 3.50. The lowest BCUT2D eigenvalue weighted by molar-refractivity contribution is -0.125. The third-order valence-corrected chi connectivity index (χ3v) is 5.38. The van der Waals surface area contributed by atoms with E-state index in [-0.39, 0.29) is 11.7 Å². The maximum Gasteiger partial charge on any atom is 0.262 e. The van der Waals surface area contributed by atoms with Gasteiger partial charge in [-0.15, -0.1) is 0 Å². The van der Waals surface area contributed by atoms with Gasteiger partial charge in [0.2, 0.25) is 0 Å². The van der Waals surface area contributed by atoms with Crippen LogP contribution in [0.25, 0.3) is 5.57 Å². The summed E-state index contributed by atoms with van der Waals surface area (Å²) in [5.41, 5.74) is 0.999. The van der Waals surface area contributed by atoms with E-state index in [2.05, 4.69) is 31.9 Å². The highest BCUT2D eigenvalue weighted by molar-refractivity contribution is 9.12. The molecule has 1 aromatic rings. The maximum atomic E-state index is 12.4. The molecular weight excluding hydrogens is 398 g/mol. The van der Waals surface area contributed by atoms with E-state index in [1.807, 2.05) is 30.3 Å². The molecule has 2 aliphatic rings. The second kappa shape index (κ2) is 5.07. The first-order valence-electron chi connectivity index (χ1n) is 6.33. The zero-order chi connectivity index (χ0) is 15.2. The Hall–Kier alpha value is -1.46. The first-order valence-corrected chi connectivity index (χ1v) is 7.92. The molecule has 0 aromatic heterocycles. The number of nitrogens with zero attached hydrogens (tertiary/aromatic N) is 1. The molecule has 0 saturated carbocycles. The predicted octanol–water partition coefficient (Wildman–Crippen LogP) is 3.42. The summed E-state index contributed by atoms with van der Waals surface area (Å²) in [5.74, 6) is -0.206. The summed E-state index contributed by atoms with van der Waals surface area (Å²) in [6.45, 7) is 0. The Bertz CT molecular complexity index is 734. The Morgan fingerprint density at radius 3 is 2.38 bits per heavy atom. The van der Waals surface area contributed by atoms with E-state index < -0.39 is 5.54 Å². The van der Waals surface area contributed by atoms with Gasteiger partial charge in [0.05, 0.1) is 4.48 Å². The lowest BCUT2D eigenvalue weighted by atomic mass is 9.82. The summed E-state index contributed by atoms with van der Waals surface area (Å²) in [4.78, 5) is 25.7. The van der Waals surface area contributed by atoms with Gasteiger partial charge < -0.3 is 4.90 Å². The number of allylic oxidation sites excluding steroid dienone is 2. The molecule has 0 N–H and O–H groups in total. The van der Waals surface area contributed by atoms with Gasteiger partial charge in [-0.05, 0) is 39.7 Å². The Morgan fingerprint density at radius 1 is 1.10 bits per heavy atom. The highest BCUT2D eigenvalue weighted by atomic mass is 79.9. The van der Waals surface area contributed by atoms with Gasteiger partial charge in [-0.1, -0.05) is 46.3 Å². The lowest BCUT2D eigenvalue weighted by Gasteiger charge is -2.37. The number of carbonyl (C=O) groups excluding carboxylic acids is 2. The van der Waals surface area contributed by atoms with Gasteiger partial charge in [0.25, 0.3) is 5.91 Å². The summed E-state index contributed by atoms with van der Waals surface area (Å²) < 4.78 is 1.17. The Morgan fingerprint density at radius 2 is 1.76 bits per heavy atom. The molecule has 1 amide bonds. The number of ketones is 1. The second-order valence-corrected chi connectivity index (χ2v) is 6.56. The van der Waals surface area contributed by atoms with Crippen molar-refractivity contribution in [2.45, 2.75) is 5.54 Å². The van der Waals surface area contributed by atoms with Gasteiger partial charge in [-0.2, -0.15) is 0 Å². The van der Waals surface area contributed by atoms with Crippen LogP contribution in [0, 0.1) is 0 Å². The molecule has 0 saturated heterocycles. The zero-order valence-electron chi connectivity index (χ0n) is 11.1. The van der Waals surface area contributed by atoms with E-state index in [1.165, 1.54) is 12.2 Å². The summed E-state index contributed by atoms with van der Waals surface area (Å²) >= 11 is 6.91. The van der Waals surface area contributed by atoms with E-state index >= 15 is 0 Å². The molecule has 1 atom stereocenters. The summed E-state index contributed by atoms with van der Waals surface area (Å²) in [5, 5.41) is 0. The van der Waals surface area contributed by atoms with Gasteiger partial charge in [0, 0.05) is 17.1 Å². The van der Waals surface area contributed by atoms with Crippen LogP contribution in [0.3, 0.4) is 0 Å². The first kappa shape index (κ1) is 14.5. The zero-order valence-corrected chi connectivity index (χ0v) is 14.3. The van der Waals surface area contributed by atoms with E-state index in [9.17, 15) is 9.59 Å². The van der Waals surface area contributed by atoms with Crippen LogP contribution < -0.4 is 0 Å². The standard InChI is InChI=1S/C16H11Br2NO2/c1-19-15(21)14(18)13(10-5-3-2-4-6-10)16(19)8-7-11(20)9-12(16)17/h2-9H,1H3. The smallest absolute Gasteiger partial charge is 0.262 e. The van der Waals surface area contributed by atoms with Gasteiger partial charge >= 0.3 is 0 Å². The van der Waals surface area contributed by atoms with Crippen LogP contribution in [-0.4, -0.2) is 29.2 Å². The molecule has 106 valence electrons. The molecule has 1 heterocycles. The van der Waals surface area contributed by atoms with Crippen molar-refractivity contribution in [1.82, 2.24) is 4.90 Å². The van der Waals surface area contributed by atoms with Crippen LogP contribution in [0.5, 0.6) is 0 Å². The largest absolute Gasteiger partial charge is 0.323 e. The van der Waals surface area contributed by atoms with Crippen LogP contribution in [0.2, 0.25) is 0 Å². The minimum Gasteiger partial charge on any atom is -0.323 e. The fourth-order valence-corrected chi connectivity index (χ4v) is 4.36. The molecule has 0 fully saturated rings. The summed E-state index contributed by atoms with van der Waals surface area (Å²) in [6.07, 6.45) is 4.79. The third-order valence-electron chi connectivity index (χ3n) is 3.81. The van der Waals surface area contributed by atoms with Crippen molar-refractivity contribution in [3.63, 3.8) is 0 Å². The molecule has 3 rings (SSSR count). The maximum absolute atomic E-state index is 12.4. The Balaban J connectivity index is 2.29. The van der Waals surface area contributed by atoms with Crippen molar-refractivity contribution in [1.29, 1.82) is 0 Å². The van der Waals surface area contributed by atoms with Gasteiger partial charge in [-0.25, -0.2) is 0 Å². The molecule has 1 aromatic carbocycles. The fourth-order valence-electron chi connectivity index (χ4n) is 2.74. The van der Waals surface area contributed by atoms with E-state index in [1.54, 1.807) is 18.0 Å². The number of halogens is 2. The average molecular weight is 409 g/mol. The van der Waals surface area contributed by atoms with Gasteiger partial charge in [0.1, 0.15) is 5.54 Å². The van der Waals surface area contributed by atoms with Crippen molar-refractivity contribution in [3.8, 4) is 0 Å². The molecule has 1 aliphatic carbocycles. The molecule has 0 bridgehead atoms. The summed E-state index contributed by atoms with van der Waals surface area (Å²) in [6, 6.07) is 9.68. The van der Waals surface area contributed by atoms with Crippen LogP contribution in [-0.2, 0) is 9.59 Å². The molecule has 1 unspecified atom stereocenters. The number of likely N-dealkylation sites (N-methyl/N-ethyl adjacent to an activating group) is 1. The van der Waals surface area contributed by atoms with Crippen LogP contribution in [0.1, 0.15) is 5.56 Å². The van der Waals surface area contributed by atoms with Crippen LogP contribution in [0.4, 0.5) is 0 Å². The van der Waals surface area contributed by atoms with Crippen molar-refractivity contribution < 1.29 is 9.59 Å². The Labute approximate surface area is 139 Å². The number of hydrogen-bond acceptors (Lipinski definition) is 2. The van der Waals surface area contributed by atoms with E-state index in [0.29, 0.717) is 8.96 Å². The highest BCUT2D eigenvalue weighted by Crippen LogP contribution is 2.50. The predicted molar refractivity (Wildman–Crippen MR) is 88.9 cm³/mol. The molecule has 5 heteroatoms. The second-order valence-electron chi connectivity index (χ2n) is 4.91. The molecule has 1 spiro atoms. The molecule has 3 nitrogen and oxygen atoms in total. The van der Waals surface area contributed by atoms with Crippen LogP contribution >= 0.6 is 31.9 Å². The number of amides is 1. The fraction of sp³-hybridized carbons (Fsp3) is 0.125. The number of benzene rings is 1. The third kappa shape index (κ3) is 1.99. The molecular formula is C16H11Br2NO2. The molecule has 21 heavy (non-hydrogen) atoms. The topological polar surface area (TPSA) is 37.4 Å². The van der Waals surface area contributed by atoms with Gasteiger partial charge in [0.15, 0.2) is 5.78 Å². The van der Waals surface area contributed by atoms with Crippen molar-refractivity contribution >= 4 is 49.1 Å². The first-order chi connectivity index (χ1) is 9.98. The van der Waals surface area contributed by atoms with Crippen molar-refractivity contribution in [3.05, 3.63) is 63.1 Å². The monoisotopic (exact) mass is 407 g/mol. The normalized spacial score (nSPS) is 25.1. The summed E-state index contributed by atoms with van der Waals surface area (Å²) in [7, 11) is 1.73. The van der Waals surface area contributed by atoms with E-state index in [4.69, 9.17) is 0 Å². The molecule has 1 aliphatic heterocycles. The van der Waals surface area contributed by atoms with E-state index in [0.717, 1.165) is 11.1 Å². The quantitative estimate of drug-likeness (QED) is 0.713. The minimum atomic E-state index is -0.773. The van der Waals surface area contributed by atoms with Crippen LogP contribution in [0.15, 0.2) is 57.5 Å². The SMILES string of the molecule is CN1C(=O)C(Br)=C(c2ccccc2)C12C=CC(=O)C=C2Br. The lowest BCUT2D eigenvalue weighted by Crippen LogP contribution is -2.45. The number of carbonyl (C=O) groups is 2. The average Bonchev–Trinajstić information content (AvgIpc) is 2.67. The molecule has 0 radical (unpaired) electrons. The van der Waals surface area contributed by atoms with Crippen molar-refractivity contribution in [2.24, 2.45) is 0 Å². The van der Waals surface area contributed by atoms with Gasteiger partial charge in [-0.3, -0.25) is 9.59 Å².